The van der Waals surface area contributed by atoms with Crippen LogP contribution in [0.2, 0.25) is 0 Å². The Kier molecular flexibility index (Phi) is 8.21. The van der Waals surface area contributed by atoms with E-state index in [1.54, 1.807) is 13.8 Å². The second-order valence-corrected chi connectivity index (χ2v) is 9.62. The first kappa shape index (κ1) is 24.8. The average molecular weight is 437 g/mol. The van der Waals surface area contributed by atoms with Gasteiger partial charge >= 0.3 is 11.9 Å². The Labute approximate surface area is 183 Å². The minimum Gasteiger partial charge on any atom is -0.508 e. The van der Waals surface area contributed by atoms with Crippen LogP contribution in [0.4, 0.5) is 0 Å². The highest BCUT2D eigenvalue weighted by atomic mass is 16.4. The lowest BCUT2D eigenvalue weighted by atomic mass is 9.86. The summed E-state index contributed by atoms with van der Waals surface area (Å²) in [5.41, 5.74) is -0.116. The molecule has 1 fully saturated rings. The maximum absolute atomic E-state index is 11.3. The topological polar surface area (TPSA) is 135 Å². The number of aromatic hydroxyl groups is 3. The number of carboxylic acid groups (broad SMARTS) is 2. The summed E-state index contributed by atoms with van der Waals surface area (Å²) in [7, 11) is 0. The number of phenolic OH excluding ortho intramolecular Hbond substituents is 3. The number of aliphatic carboxylic acids is 2. The van der Waals surface area contributed by atoms with Gasteiger partial charge in [0, 0.05) is 17.2 Å². The van der Waals surface area contributed by atoms with Crippen LogP contribution in [0.15, 0.2) is 6.07 Å². The minimum absolute atomic E-state index is 0.0426. The molecule has 0 aromatic heterocycles. The monoisotopic (exact) mass is 436 g/mol. The van der Waals surface area contributed by atoms with Crippen molar-refractivity contribution in [2.45, 2.75) is 90.9 Å². The van der Waals surface area contributed by atoms with Crippen LogP contribution in [0.25, 0.3) is 0 Å². The molecule has 0 saturated heterocycles. The number of rotatable bonds is 14. The Morgan fingerprint density at radius 2 is 1.45 bits per heavy atom. The highest BCUT2D eigenvalue weighted by Gasteiger charge is 2.49. The number of hydrogen-bond acceptors (Lipinski definition) is 5. The second kappa shape index (κ2) is 10.2. The van der Waals surface area contributed by atoms with Crippen molar-refractivity contribution in [2.75, 3.05) is 0 Å². The summed E-state index contributed by atoms with van der Waals surface area (Å²) >= 11 is 0. The van der Waals surface area contributed by atoms with Gasteiger partial charge in [-0.25, -0.2) is 0 Å². The van der Waals surface area contributed by atoms with Crippen molar-refractivity contribution in [2.24, 2.45) is 10.8 Å². The molecule has 5 N–H and O–H groups in total. The van der Waals surface area contributed by atoms with Crippen molar-refractivity contribution in [3.63, 3.8) is 0 Å². The molecule has 31 heavy (non-hydrogen) atoms. The first-order valence-electron chi connectivity index (χ1n) is 11.2. The van der Waals surface area contributed by atoms with Crippen molar-refractivity contribution in [3.05, 3.63) is 17.2 Å². The zero-order valence-electron chi connectivity index (χ0n) is 18.6. The molecule has 0 aliphatic heterocycles. The number of carboxylic acids is 2. The van der Waals surface area contributed by atoms with Crippen molar-refractivity contribution in [1.82, 2.24) is 0 Å². The summed E-state index contributed by atoms with van der Waals surface area (Å²) in [5, 5.41) is 49.0. The molecular formula is C24H36O7. The summed E-state index contributed by atoms with van der Waals surface area (Å²) in [6.07, 6.45) is 8.39. The lowest BCUT2D eigenvalue weighted by molar-refractivity contribution is -0.147. The Morgan fingerprint density at radius 3 is 2.00 bits per heavy atom. The summed E-state index contributed by atoms with van der Waals surface area (Å²) in [6.45, 7) is 3.41. The van der Waals surface area contributed by atoms with Crippen LogP contribution in [-0.2, 0) is 22.4 Å². The summed E-state index contributed by atoms with van der Waals surface area (Å²) in [6, 6.07) is 1.16. The van der Waals surface area contributed by atoms with Crippen molar-refractivity contribution < 1.29 is 35.1 Å². The van der Waals surface area contributed by atoms with E-state index < -0.39 is 22.8 Å². The molecule has 1 saturated carbocycles. The lowest BCUT2D eigenvalue weighted by Gasteiger charge is -2.19. The molecule has 174 valence electrons. The van der Waals surface area contributed by atoms with Crippen molar-refractivity contribution in [3.8, 4) is 17.2 Å². The molecule has 0 atom stereocenters. The first-order chi connectivity index (χ1) is 14.5. The second-order valence-electron chi connectivity index (χ2n) is 9.62. The normalized spacial score (nSPS) is 15.0. The molecule has 0 unspecified atom stereocenters. The Morgan fingerprint density at radius 1 is 0.871 bits per heavy atom. The Balaban J connectivity index is 1.87. The van der Waals surface area contributed by atoms with E-state index in [2.05, 4.69) is 0 Å². The van der Waals surface area contributed by atoms with E-state index in [-0.39, 0.29) is 17.2 Å². The van der Waals surface area contributed by atoms with Crippen LogP contribution in [-0.4, -0.2) is 37.5 Å². The van der Waals surface area contributed by atoms with Crippen LogP contribution in [0.3, 0.4) is 0 Å². The molecule has 7 nitrogen and oxygen atoms in total. The molecule has 7 heteroatoms. The maximum atomic E-state index is 11.3. The Hall–Kier alpha value is -2.44. The molecule has 0 heterocycles. The molecule has 0 radical (unpaired) electrons. The largest absolute Gasteiger partial charge is 0.508 e. The quantitative estimate of drug-likeness (QED) is 0.158. The summed E-state index contributed by atoms with van der Waals surface area (Å²) in [5.74, 6) is -2.12. The summed E-state index contributed by atoms with van der Waals surface area (Å²) < 4.78 is 0. The maximum Gasteiger partial charge on any atom is 0.309 e. The van der Waals surface area contributed by atoms with Crippen LogP contribution in [0, 0.1) is 10.8 Å². The van der Waals surface area contributed by atoms with Crippen LogP contribution in [0.1, 0.15) is 89.2 Å². The van der Waals surface area contributed by atoms with Crippen molar-refractivity contribution in [1.29, 1.82) is 0 Å². The third-order valence-corrected chi connectivity index (χ3v) is 6.67. The van der Waals surface area contributed by atoms with Crippen LogP contribution in [0.5, 0.6) is 17.2 Å². The highest BCUT2D eigenvalue weighted by Crippen LogP contribution is 2.50. The van der Waals surface area contributed by atoms with Gasteiger partial charge in [0.25, 0.3) is 0 Å². The van der Waals surface area contributed by atoms with E-state index in [1.807, 2.05) is 0 Å². The van der Waals surface area contributed by atoms with Gasteiger partial charge in [-0.3, -0.25) is 9.59 Å². The standard InChI is InChI=1S/C24H36O7/c1-23(2,21(28)29)11-7-3-5-9-16-17(20(27)19(26)15-18(16)25)10-6-4-8-12-24(13-14-24)22(30)31/h15,25-27H,3-14H2,1-2H3,(H,28,29)(H,30,31). The molecule has 0 spiro atoms. The number of phenols is 3. The van der Waals surface area contributed by atoms with E-state index >= 15 is 0 Å². The predicted octanol–water partition coefficient (Wildman–Crippen LogP) is 4.98. The SMILES string of the molecule is CC(C)(CCCCCc1c(O)cc(O)c(O)c1CCCCCC1(C(=O)O)CC1)C(=O)O. The third-order valence-electron chi connectivity index (χ3n) is 6.67. The smallest absolute Gasteiger partial charge is 0.309 e. The van der Waals surface area contributed by atoms with E-state index in [4.69, 9.17) is 0 Å². The third kappa shape index (κ3) is 6.52. The highest BCUT2D eigenvalue weighted by molar-refractivity contribution is 5.77. The molecular weight excluding hydrogens is 400 g/mol. The summed E-state index contributed by atoms with van der Waals surface area (Å²) in [4.78, 5) is 22.4. The zero-order chi connectivity index (χ0) is 23.2. The van der Waals surface area contributed by atoms with Gasteiger partial charge < -0.3 is 25.5 Å². The van der Waals surface area contributed by atoms with E-state index in [9.17, 15) is 35.1 Å². The van der Waals surface area contributed by atoms with Crippen LogP contribution < -0.4 is 0 Å². The zero-order valence-corrected chi connectivity index (χ0v) is 18.6. The van der Waals surface area contributed by atoms with Gasteiger partial charge in [0.1, 0.15) is 5.75 Å². The fraction of sp³-hybridized carbons (Fsp3) is 0.667. The molecule has 0 amide bonds. The minimum atomic E-state index is -0.813. The average Bonchev–Trinajstić information content (AvgIpc) is 3.47. The van der Waals surface area contributed by atoms with Crippen molar-refractivity contribution >= 4 is 11.9 Å². The predicted molar refractivity (Wildman–Crippen MR) is 117 cm³/mol. The van der Waals surface area contributed by atoms with Gasteiger partial charge in [-0.05, 0) is 65.2 Å². The number of carbonyl (C=O) groups is 2. The number of hydrogen-bond donors (Lipinski definition) is 5. The fourth-order valence-electron chi connectivity index (χ4n) is 4.10. The first-order valence-corrected chi connectivity index (χ1v) is 11.2. The van der Waals surface area contributed by atoms with E-state index in [1.165, 1.54) is 0 Å². The van der Waals surface area contributed by atoms with E-state index in [0.717, 1.165) is 57.4 Å². The molecule has 0 bridgehead atoms. The lowest BCUT2D eigenvalue weighted by Crippen LogP contribution is -2.23. The van der Waals surface area contributed by atoms with Gasteiger partial charge in [-0.2, -0.15) is 0 Å². The van der Waals surface area contributed by atoms with E-state index in [0.29, 0.717) is 36.8 Å². The van der Waals surface area contributed by atoms with Gasteiger partial charge in [-0.1, -0.05) is 25.7 Å². The Bertz CT molecular complexity index is 794. The molecule has 1 aliphatic carbocycles. The van der Waals surface area contributed by atoms with Crippen LogP contribution >= 0.6 is 0 Å². The van der Waals surface area contributed by atoms with Gasteiger partial charge in [0.15, 0.2) is 11.5 Å². The molecule has 1 aromatic carbocycles. The molecule has 1 aliphatic rings. The van der Waals surface area contributed by atoms with Gasteiger partial charge in [-0.15, -0.1) is 0 Å². The number of unbranched alkanes of at least 4 members (excludes halogenated alkanes) is 4. The van der Waals surface area contributed by atoms with Gasteiger partial charge in [0.2, 0.25) is 0 Å². The fourth-order valence-corrected chi connectivity index (χ4v) is 4.10. The molecule has 2 rings (SSSR count). The molecule has 1 aromatic rings. The van der Waals surface area contributed by atoms with Gasteiger partial charge in [0.05, 0.1) is 10.8 Å². The number of benzene rings is 1.